The molecule has 1 unspecified atom stereocenters. The first kappa shape index (κ1) is 9.81. The van der Waals surface area contributed by atoms with Crippen molar-refractivity contribution in [2.24, 2.45) is 5.73 Å². The number of fused-ring (bicyclic) bond motifs is 1. The molecule has 0 fully saturated rings. The summed E-state index contributed by atoms with van der Waals surface area (Å²) < 4.78 is 0. The fraction of sp³-hybridized carbons (Fsp3) is 0.455. The Balaban J connectivity index is 2.38. The molecule has 1 aromatic rings. The molecule has 2 rings (SSSR count). The van der Waals surface area contributed by atoms with Crippen molar-refractivity contribution in [2.75, 3.05) is 11.9 Å². The summed E-state index contributed by atoms with van der Waals surface area (Å²) in [4.78, 5) is 0. The van der Waals surface area contributed by atoms with Crippen LogP contribution in [0, 0.1) is 6.92 Å². The minimum atomic E-state index is 0.402. The number of anilines is 1. The van der Waals surface area contributed by atoms with Crippen LogP contribution in [0.15, 0.2) is 12.1 Å². The number of nitrogens with one attached hydrogen (secondary N) is 1. The van der Waals surface area contributed by atoms with Gasteiger partial charge in [-0.3, -0.25) is 0 Å². The summed E-state index contributed by atoms with van der Waals surface area (Å²) in [6, 6.07) is 4.48. The van der Waals surface area contributed by atoms with Crippen molar-refractivity contribution in [1.29, 1.82) is 0 Å². The van der Waals surface area contributed by atoms with E-state index in [-0.39, 0.29) is 0 Å². The molecular formula is C11H15ClN2. The van der Waals surface area contributed by atoms with Gasteiger partial charge in [-0.05, 0) is 37.0 Å². The van der Waals surface area contributed by atoms with Gasteiger partial charge in [-0.25, -0.2) is 0 Å². The Kier molecular flexibility index (Phi) is 2.66. The highest BCUT2D eigenvalue weighted by Gasteiger charge is 2.18. The van der Waals surface area contributed by atoms with E-state index in [1.54, 1.807) is 0 Å². The Morgan fingerprint density at radius 3 is 3.07 bits per heavy atom. The standard InChI is InChI=1S/C11H15ClN2/c1-7-10(12)5-3-8-2-4-9(6-13)14-11(7)8/h3,5,9,14H,2,4,6,13H2,1H3. The zero-order valence-corrected chi connectivity index (χ0v) is 9.06. The molecule has 0 aliphatic carbocycles. The van der Waals surface area contributed by atoms with Crippen molar-refractivity contribution in [3.05, 3.63) is 28.3 Å². The third-order valence-electron chi connectivity index (χ3n) is 2.88. The van der Waals surface area contributed by atoms with Gasteiger partial charge in [-0.15, -0.1) is 0 Å². The van der Waals surface area contributed by atoms with Crippen LogP contribution in [0.3, 0.4) is 0 Å². The highest BCUT2D eigenvalue weighted by molar-refractivity contribution is 6.31. The van der Waals surface area contributed by atoms with Gasteiger partial charge >= 0.3 is 0 Å². The number of halogens is 1. The van der Waals surface area contributed by atoms with Gasteiger partial charge in [0, 0.05) is 23.3 Å². The van der Waals surface area contributed by atoms with Crippen LogP contribution in [-0.2, 0) is 6.42 Å². The summed E-state index contributed by atoms with van der Waals surface area (Å²) in [5.41, 5.74) is 9.35. The third kappa shape index (κ3) is 1.60. The number of aryl methyl sites for hydroxylation is 1. The molecule has 1 aromatic carbocycles. The van der Waals surface area contributed by atoms with Crippen LogP contribution in [0.1, 0.15) is 17.5 Å². The molecule has 0 radical (unpaired) electrons. The first-order chi connectivity index (χ1) is 6.72. The van der Waals surface area contributed by atoms with E-state index in [0.717, 1.165) is 23.4 Å². The van der Waals surface area contributed by atoms with Crippen LogP contribution in [0.25, 0.3) is 0 Å². The quantitative estimate of drug-likeness (QED) is 0.747. The van der Waals surface area contributed by atoms with Gasteiger partial charge in [0.1, 0.15) is 0 Å². The molecule has 0 spiro atoms. The van der Waals surface area contributed by atoms with E-state index in [2.05, 4.69) is 11.4 Å². The summed E-state index contributed by atoms with van der Waals surface area (Å²) >= 11 is 6.07. The summed E-state index contributed by atoms with van der Waals surface area (Å²) in [5, 5.41) is 4.27. The zero-order chi connectivity index (χ0) is 10.1. The van der Waals surface area contributed by atoms with Crippen molar-refractivity contribution in [3.63, 3.8) is 0 Å². The minimum Gasteiger partial charge on any atom is -0.381 e. The van der Waals surface area contributed by atoms with E-state index >= 15 is 0 Å². The highest BCUT2D eigenvalue weighted by atomic mass is 35.5. The molecule has 0 aromatic heterocycles. The summed E-state index contributed by atoms with van der Waals surface area (Å²) in [6.45, 7) is 2.73. The number of hydrogen-bond donors (Lipinski definition) is 2. The molecule has 1 aliphatic rings. The largest absolute Gasteiger partial charge is 0.381 e. The summed E-state index contributed by atoms with van der Waals surface area (Å²) in [5.74, 6) is 0. The monoisotopic (exact) mass is 210 g/mol. The van der Waals surface area contributed by atoms with Crippen LogP contribution in [0.5, 0.6) is 0 Å². The van der Waals surface area contributed by atoms with Crippen molar-refractivity contribution < 1.29 is 0 Å². The normalized spacial score (nSPS) is 20.1. The van der Waals surface area contributed by atoms with E-state index in [1.807, 2.05) is 13.0 Å². The molecule has 0 amide bonds. The lowest BCUT2D eigenvalue weighted by Crippen LogP contribution is -2.33. The summed E-state index contributed by atoms with van der Waals surface area (Å²) in [7, 11) is 0. The Hall–Kier alpha value is -0.730. The molecule has 0 saturated heterocycles. The molecule has 0 bridgehead atoms. The molecule has 2 nitrogen and oxygen atoms in total. The van der Waals surface area contributed by atoms with Crippen LogP contribution in [0.4, 0.5) is 5.69 Å². The van der Waals surface area contributed by atoms with E-state index in [9.17, 15) is 0 Å². The lowest BCUT2D eigenvalue weighted by molar-refractivity contribution is 0.638. The molecule has 1 atom stereocenters. The first-order valence-electron chi connectivity index (χ1n) is 4.97. The number of benzene rings is 1. The van der Waals surface area contributed by atoms with Gasteiger partial charge in [0.05, 0.1) is 0 Å². The smallest absolute Gasteiger partial charge is 0.0455 e. The lowest BCUT2D eigenvalue weighted by atomic mass is 9.95. The fourth-order valence-corrected chi connectivity index (χ4v) is 2.09. The lowest BCUT2D eigenvalue weighted by Gasteiger charge is -2.27. The Morgan fingerprint density at radius 1 is 1.57 bits per heavy atom. The Labute approximate surface area is 89.4 Å². The Morgan fingerprint density at radius 2 is 2.36 bits per heavy atom. The predicted octanol–water partition coefficient (Wildman–Crippen LogP) is 2.33. The molecule has 3 N–H and O–H groups in total. The summed E-state index contributed by atoms with van der Waals surface area (Å²) in [6.07, 6.45) is 2.22. The minimum absolute atomic E-state index is 0.402. The van der Waals surface area contributed by atoms with Gasteiger partial charge in [0.2, 0.25) is 0 Å². The molecular weight excluding hydrogens is 196 g/mol. The van der Waals surface area contributed by atoms with E-state index < -0.39 is 0 Å². The van der Waals surface area contributed by atoms with Gasteiger partial charge in [0.15, 0.2) is 0 Å². The van der Waals surface area contributed by atoms with E-state index in [1.165, 1.54) is 11.3 Å². The second-order valence-electron chi connectivity index (χ2n) is 3.82. The van der Waals surface area contributed by atoms with Crippen LogP contribution in [-0.4, -0.2) is 12.6 Å². The molecule has 3 heteroatoms. The van der Waals surface area contributed by atoms with Crippen LogP contribution < -0.4 is 11.1 Å². The second kappa shape index (κ2) is 3.79. The van der Waals surface area contributed by atoms with Gasteiger partial charge in [-0.1, -0.05) is 17.7 Å². The van der Waals surface area contributed by atoms with Crippen LogP contribution >= 0.6 is 11.6 Å². The van der Waals surface area contributed by atoms with Gasteiger partial charge in [-0.2, -0.15) is 0 Å². The van der Waals surface area contributed by atoms with Crippen molar-refractivity contribution in [2.45, 2.75) is 25.8 Å². The average molecular weight is 211 g/mol. The Bertz CT molecular complexity index is 349. The van der Waals surface area contributed by atoms with Crippen LogP contribution in [0.2, 0.25) is 5.02 Å². The number of rotatable bonds is 1. The van der Waals surface area contributed by atoms with E-state index in [0.29, 0.717) is 12.6 Å². The van der Waals surface area contributed by atoms with Gasteiger partial charge < -0.3 is 11.1 Å². The van der Waals surface area contributed by atoms with Crippen molar-refractivity contribution >= 4 is 17.3 Å². The number of nitrogens with two attached hydrogens (primary N) is 1. The van der Waals surface area contributed by atoms with Crippen molar-refractivity contribution in [1.82, 2.24) is 0 Å². The average Bonchev–Trinajstić information content (AvgIpc) is 2.23. The van der Waals surface area contributed by atoms with Gasteiger partial charge in [0.25, 0.3) is 0 Å². The number of hydrogen-bond acceptors (Lipinski definition) is 2. The first-order valence-corrected chi connectivity index (χ1v) is 5.34. The molecule has 0 saturated carbocycles. The zero-order valence-electron chi connectivity index (χ0n) is 8.31. The molecule has 1 heterocycles. The van der Waals surface area contributed by atoms with E-state index in [4.69, 9.17) is 17.3 Å². The molecule has 1 aliphatic heterocycles. The fourth-order valence-electron chi connectivity index (χ4n) is 1.93. The molecule has 76 valence electrons. The second-order valence-corrected chi connectivity index (χ2v) is 4.23. The maximum atomic E-state index is 6.07. The molecule has 14 heavy (non-hydrogen) atoms. The SMILES string of the molecule is Cc1c(Cl)ccc2c1NC(CN)CC2. The third-order valence-corrected chi connectivity index (χ3v) is 3.29. The topological polar surface area (TPSA) is 38.0 Å². The maximum absolute atomic E-state index is 6.07. The maximum Gasteiger partial charge on any atom is 0.0455 e. The predicted molar refractivity (Wildman–Crippen MR) is 61.0 cm³/mol. The van der Waals surface area contributed by atoms with Crippen molar-refractivity contribution in [3.8, 4) is 0 Å². The highest BCUT2D eigenvalue weighted by Crippen LogP contribution is 2.32.